The van der Waals surface area contributed by atoms with Crippen molar-refractivity contribution in [2.45, 2.75) is 6.42 Å². The number of hydrogen-bond acceptors (Lipinski definition) is 5. The van der Waals surface area contributed by atoms with E-state index in [0.717, 1.165) is 43.5 Å². The number of rotatable bonds is 3. The molecule has 2 aliphatic rings. The fourth-order valence-electron chi connectivity index (χ4n) is 2.61. The first-order valence-corrected chi connectivity index (χ1v) is 8.97. The van der Waals surface area contributed by atoms with Gasteiger partial charge in [-0.25, -0.2) is 0 Å². The summed E-state index contributed by atoms with van der Waals surface area (Å²) in [4.78, 5) is 21.4. The lowest BCUT2D eigenvalue weighted by Crippen LogP contribution is -2.47. The number of nitrogens with zero attached hydrogens (tertiary/aromatic N) is 4. The lowest BCUT2D eigenvalue weighted by atomic mass is 10.2. The highest BCUT2D eigenvalue weighted by atomic mass is 35.5. The Morgan fingerprint density at radius 2 is 1.96 bits per heavy atom. The van der Waals surface area contributed by atoms with Crippen LogP contribution in [0.2, 0.25) is 5.02 Å². The molecule has 0 atom stereocenters. The quantitative estimate of drug-likeness (QED) is 0.776. The molecule has 0 radical (unpaired) electrons. The summed E-state index contributed by atoms with van der Waals surface area (Å²) in [5.74, 6) is -0.183. The Morgan fingerprint density at radius 3 is 2.62 bits per heavy atom. The maximum absolute atomic E-state index is 12.1. The Balaban J connectivity index is 1.60. The van der Waals surface area contributed by atoms with Crippen LogP contribution in [0, 0.1) is 11.3 Å². The van der Waals surface area contributed by atoms with Crippen LogP contribution < -0.4 is 0 Å². The number of carbonyl (C=O) groups is 1. The molecule has 1 saturated heterocycles. The minimum Gasteiger partial charge on any atom is -0.348 e. The third-order valence-electron chi connectivity index (χ3n) is 3.96. The molecule has 0 N–H and O–H groups in total. The van der Waals surface area contributed by atoms with E-state index in [4.69, 9.17) is 16.9 Å². The van der Waals surface area contributed by atoms with E-state index in [-0.39, 0.29) is 5.91 Å². The molecule has 1 aromatic carbocycles. The van der Waals surface area contributed by atoms with Crippen LogP contribution in [0.25, 0.3) is 6.08 Å². The lowest BCUT2D eigenvalue weighted by molar-refractivity contribution is -0.113. The monoisotopic (exact) mass is 360 g/mol. The van der Waals surface area contributed by atoms with Crippen LogP contribution in [0.15, 0.2) is 34.2 Å². The van der Waals surface area contributed by atoms with Gasteiger partial charge >= 0.3 is 0 Å². The van der Waals surface area contributed by atoms with Crippen molar-refractivity contribution in [1.29, 1.82) is 5.26 Å². The fourth-order valence-corrected chi connectivity index (χ4v) is 3.71. The Labute approximate surface area is 150 Å². The molecule has 24 heavy (non-hydrogen) atoms. The van der Waals surface area contributed by atoms with Crippen molar-refractivity contribution in [2.24, 2.45) is 4.99 Å². The summed E-state index contributed by atoms with van der Waals surface area (Å²) in [7, 11) is 0. The van der Waals surface area contributed by atoms with E-state index in [2.05, 4.69) is 20.9 Å². The van der Waals surface area contributed by atoms with Gasteiger partial charge in [-0.15, -0.1) is 0 Å². The van der Waals surface area contributed by atoms with Crippen LogP contribution in [0.1, 0.15) is 12.0 Å². The van der Waals surface area contributed by atoms with Gasteiger partial charge in [0.1, 0.15) is 0 Å². The molecule has 0 saturated carbocycles. The van der Waals surface area contributed by atoms with E-state index in [1.165, 1.54) is 11.8 Å². The highest BCUT2D eigenvalue weighted by molar-refractivity contribution is 8.18. The second-order valence-corrected chi connectivity index (χ2v) is 7.04. The summed E-state index contributed by atoms with van der Waals surface area (Å²) in [6.07, 6.45) is 2.41. The molecular weight excluding hydrogens is 344 g/mol. The van der Waals surface area contributed by atoms with E-state index in [1.54, 1.807) is 12.1 Å². The van der Waals surface area contributed by atoms with Gasteiger partial charge in [0.2, 0.25) is 0 Å². The van der Waals surface area contributed by atoms with E-state index in [1.807, 2.05) is 18.2 Å². The van der Waals surface area contributed by atoms with Crippen LogP contribution in [-0.4, -0.2) is 53.6 Å². The van der Waals surface area contributed by atoms with E-state index in [9.17, 15) is 4.79 Å². The van der Waals surface area contributed by atoms with Crippen molar-refractivity contribution in [1.82, 2.24) is 9.80 Å². The molecule has 0 spiro atoms. The van der Waals surface area contributed by atoms with Crippen LogP contribution in [0.3, 0.4) is 0 Å². The third kappa shape index (κ3) is 4.18. The average Bonchev–Trinajstić information content (AvgIpc) is 2.96. The number of piperazine rings is 1. The lowest BCUT2D eigenvalue weighted by Gasteiger charge is -2.34. The first-order chi connectivity index (χ1) is 11.7. The summed E-state index contributed by atoms with van der Waals surface area (Å²) in [6, 6.07) is 9.56. The molecular formula is C17H17ClN4OS. The summed E-state index contributed by atoms with van der Waals surface area (Å²) in [5, 5.41) is 10.1. The maximum atomic E-state index is 12.1. The molecule has 0 aliphatic carbocycles. The number of thioether (sulfide) groups is 1. The predicted molar refractivity (Wildman–Crippen MR) is 97.7 cm³/mol. The first kappa shape index (κ1) is 17.0. The number of carbonyl (C=O) groups excluding carboxylic acids is 1. The second-order valence-electron chi connectivity index (χ2n) is 5.60. The molecule has 1 amide bonds. The van der Waals surface area contributed by atoms with Crippen LogP contribution in [-0.2, 0) is 4.79 Å². The largest absolute Gasteiger partial charge is 0.348 e. The van der Waals surface area contributed by atoms with Crippen LogP contribution in [0.5, 0.6) is 0 Å². The zero-order chi connectivity index (χ0) is 16.9. The molecule has 2 aliphatic heterocycles. The van der Waals surface area contributed by atoms with Crippen molar-refractivity contribution in [3.05, 3.63) is 39.8 Å². The zero-order valence-electron chi connectivity index (χ0n) is 13.1. The minimum absolute atomic E-state index is 0.183. The van der Waals surface area contributed by atoms with Crippen molar-refractivity contribution < 1.29 is 4.79 Å². The Kier molecular flexibility index (Phi) is 5.56. The minimum atomic E-state index is -0.183. The smallest absolute Gasteiger partial charge is 0.286 e. The third-order valence-corrected chi connectivity index (χ3v) is 5.26. The van der Waals surface area contributed by atoms with Crippen molar-refractivity contribution >= 4 is 40.5 Å². The molecule has 3 rings (SSSR count). The van der Waals surface area contributed by atoms with Crippen molar-refractivity contribution in [2.75, 3.05) is 32.7 Å². The van der Waals surface area contributed by atoms with Crippen molar-refractivity contribution in [3.8, 4) is 6.07 Å². The zero-order valence-corrected chi connectivity index (χ0v) is 14.7. The normalized spacial score (nSPS) is 20.3. The van der Waals surface area contributed by atoms with E-state index in [0.29, 0.717) is 16.3 Å². The standard InChI is InChI=1S/C17H17ClN4OS/c18-14-4-2-13(3-5-14)12-15-16(23)20-17(24-15)22-10-8-21(9-11-22)7-1-6-19/h2-5,12H,1,7-11H2/b15-12+. The Bertz CT molecular complexity index is 715. The van der Waals surface area contributed by atoms with Gasteiger partial charge in [-0.3, -0.25) is 9.69 Å². The number of aliphatic imine (C=N–C) groups is 1. The number of amides is 1. The fraction of sp³-hybridized carbons (Fsp3) is 0.353. The number of amidine groups is 1. The molecule has 124 valence electrons. The topological polar surface area (TPSA) is 59.7 Å². The van der Waals surface area contributed by atoms with Crippen LogP contribution in [0.4, 0.5) is 0 Å². The number of hydrogen-bond donors (Lipinski definition) is 0. The number of benzene rings is 1. The predicted octanol–water partition coefficient (Wildman–Crippen LogP) is 2.84. The average molecular weight is 361 g/mol. The number of nitriles is 1. The molecule has 7 heteroatoms. The second kappa shape index (κ2) is 7.84. The highest BCUT2D eigenvalue weighted by Gasteiger charge is 2.28. The molecule has 2 heterocycles. The van der Waals surface area contributed by atoms with Gasteiger partial charge in [0.25, 0.3) is 5.91 Å². The molecule has 0 aromatic heterocycles. The van der Waals surface area contributed by atoms with Gasteiger partial charge in [0.15, 0.2) is 5.17 Å². The van der Waals surface area contributed by atoms with Gasteiger partial charge in [-0.1, -0.05) is 23.7 Å². The SMILES string of the molecule is N#CCCN1CCN(C2=NC(=O)/C(=C\c3ccc(Cl)cc3)S2)CC1. The molecule has 0 unspecified atom stereocenters. The summed E-state index contributed by atoms with van der Waals surface area (Å²) >= 11 is 7.31. The van der Waals surface area contributed by atoms with Gasteiger partial charge in [0.05, 0.1) is 11.0 Å². The van der Waals surface area contributed by atoms with Gasteiger partial charge < -0.3 is 4.90 Å². The maximum Gasteiger partial charge on any atom is 0.286 e. The van der Waals surface area contributed by atoms with Crippen molar-refractivity contribution in [3.63, 3.8) is 0 Å². The molecule has 5 nitrogen and oxygen atoms in total. The Morgan fingerprint density at radius 1 is 1.25 bits per heavy atom. The summed E-state index contributed by atoms with van der Waals surface area (Å²) in [5.41, 5.74) is 0.938. The van der Waals surface area contributed by atoms with E-state index >= 15 is 0 Å². The summed E-state index contributed by atoms with van der Waals surface area (Å²) in [6.45, 7) is 4.26. The number of halogens is 1. The first-order valence-electron chi connectivity index (χ1n) is 7.78. The van der Waals surface area contributed by atoms with E-state index < -0.39 is 0 Å². The molecule has 0 bridgehead atoms. The molecule has 1 aromatic rings. The highest BCUT2D eigenvalue weighted by Crippen LogP contribution is 2.30. The molecule has 1 fully saturated rings. The van der Waals surface area contributed by atoms with Crippen LogP contribution >= 0.6 is 23.4 Å². The van der Waals surface area contributed by atoms with Gasteiger partial charge in [0, 0.05) is 44.2 Å². The summed E-state index contributed by atoms with van der Waals surface area (Å²) < 4.78 is 0. The Hall–Kier alpha value is -1.81. The van der Waals surface area contributed by atoms with Gasteiger partial charge in [-0.2, -0.15) is 10.3 Å². The van der Waals surface area contributed by atoms with Gasteiger partial charge in [-0.05, 0) is 35.5 Å².